The van der Waals surface area contributed by atoms with Gasteiger partial charge in [0.2, 0.25) is 11.8 Å². The van der Waals surface area contributed by atoms with Crippen LogP contribution in [0.2, 0.25) is 5.02 Å². The predicted octanol–water partition coefficient (Wildman–Crippen LogP) is 3.52. The Bertz CT molecular complexity index is 725. The Hall–Kier alpha value is -2.34. The minimum atomic E-state index is -0.353. The van der Waals surface area contributed by atoms with Gasteiger partial charge in [-0.15, -0.1) is 0 Å². The first-order chi connectivity index (χ1) is 11.8. The smallest absolute Gasteiger partial charge is 0.245 e. The molecule has 6 nitrogen and oxygen atoms in total. The first kappa shape index (κ1) is 19.0. The van der Waals surface area contributed by atoms with Gasteiger partial charge in [0.05, 0.1) is 6.54 Å². The molecule has 1 heterocycles. The van der Waals surface area contributed by atoms with Crippen LogP contribution in [0.1, 0.15) is 37.5 Å². The number of carbonyl (C=O) groups excluding carboxylic acids is 2. The number of benzene rings is 1. The van der Waals surface area contributed by atoms with E-state index in [4.69, 9.17) is 16.1 Å². The van der Waals surface area contributed by atoms with E-state index >= 15 is 0 Å². The summed E-state index contributed by atoms with van der Waals surface area (Å²) in [5.41, 5.74) is 1.05. The van der Waals surface area contributed by atoms with Crippen LogP contribution in [0.4, 0.5) is 5.82 Å². The maximum atomic E-state index is 12.2. The molecule has 0 saturated heterocycles. The molecule has 0 aliphatic heterocycles. The van der Waals surface area contributed by atoms with Gasteiger partial charge in [-0.1, -0.05) is 42.7 Å². The lowest BCUT2D eigenvalue weighted by Crippen LogP contribution is -2.34. The van der Waals surface area contributed by atoms with Gasteiger partial charge in [-0.2, -0.15) is 0 Å². The largest absolute Gasteiger partial charge is 0.360 e. The Kier molecular flexibility index (Phi) is 6.58. The molecule has 2 aromatic rings. The number of halogens is 1. The topological polar surface area (TPSA) is 84.2 Å². The molecule has 2 N–H and O–H groups in total. The van der Waals surface area contributed by atoms with Crippen molar-refractivity contribution in [1.82, 2.24) is 10.5 Å². The number of carbonyl (C=O) groups is 2. The third kappa shape index (κ3) is 5.90. The van der Waals surface area contributed by atoms with Crippen LogP contribution in [0.5, 0.6) is 0 Å². The number of hydrogen-bond acceptors (Lipinski definition) is 4. The standard InChI is InChI=1S/C18H22ClN3O3/c1-11(2)15(13-4-6-14(19)7-5-13)9-17(23)20-10-18(24)21-16-8-12(3)25-22-16/h4-8,11,15H,9-10H2,1-3H3,(H,20,23)(H,21,22,24). The molecule has 1 unspecified atom stereocenters. The van der Waals surface area contributed by atoms with Crippen molar-refractivity contribution in [2.75, 3.05) is 11.9 Å². The van der Waals surface area contributed by atoms with Gasteiger partial charge in [-0.25, -0.2) is 0 Å². The van der Waals surface area contributed by atoms with Crippen molar-refractivity contribution in [3.05, 3.63) is 46.7 Å². The molecular formula is C18H22ClN3O3. The number of rotatable bonds is 7. The summed E-state index contributed by atoms with van der Waals surface area (Å²) >= 11 is 5.92. The molecule has 0 radical (unpaired) electrons. The number of nitrogens with one attached hydrogen (secondary N) is 2. The van der Waals surface area contributed by atoms with E-state index in [9.17, 15) is 9.59 Å². The second-order valence-electron chi connectivity index (χ2n) is 6.25. The van der Waals surface area contributed by atoms with Crippen LogP contribution in [-0.4, -0.2) is 23.5 Å². The van der Waals surface area contributed by atoms with Gasteiger partial charge in [0.25, 0.3) is 0 Å². The fraction of sp³-hybridized carbons (Fsp3) is 0.389. The SMILES string of the molecule is Cc1cc(NC(=O)CNC(=O)CC(c2ccc(Cl)cc2)C(C)C)no1. The van der Waals surface area contributed by atoms with Crippen LogP contribution < -0.4 is 10.6 Å². The van der Waals surface area contributed by atoms with Gasteiger partial charge < -0.3 is 15.2 Å². The van der Waals surface area contributed by atoms with E-state index in [1.54, 1.807) is 13.0 Å². The summed E-state index contributed by atoms with van der Waals surface area (Å²) in [6.07, 6.45) is 0.301. The van der Waals surface area contributed by atoms with Gasteiger partial charge >= 0.3 is 0 Å². The van der Waals surface area contributed by atoms with Crippen LogP contribution in [0, 0.1) is 12.8 Å². The van der Waals surface area contributed by atoms with E-state index in [1.807, 2.05) is 24.3 Å². The normalized spacial score (nSPS) is 12.0. The summed E-state index contributed by atoms with van der Waals surface area (Å²) in [6.45, 7) is 5.74. The molecule has 134 valence electrons. The molecule has 1 atom stereocenters. The predicted molar refractivity (Wildman–Crippen MR) is 96.5 cm³/mol. The molecular weight excluding hydrogens is 342 g/mol. The summed E-state index contributed by atoms with van der Waals surface area (Å²) in [7, 11) is 0. The van der Waals surface area contributed by atoms with Gasteiger partial charge in [0.1, 0.15) is 5.76 Å². The first-order valence-corrected chi connectivity index (χ1v) is 8.48. The molecule has 2 rings (SSSR count). The first-order valence-electron chi connectivity index (χ1n) is 8.10. The van der Waals surface area contributed by atoms with Crippen molar-refractivity contribution >= 4 is 29.2 Å². The molecule has 0 saturated carbocycles. The average molecular weight is 364 g/mol. The molecule has 0 aliphatic carbocycles. The van der Waals surface area contributed by atoms with Crippen LogP contribution in [0.15, 0.2) is 34.9 Å². The summed E-state index contributed by atoms with van der Waals surface area (Å²) in [5.74, 6) is 0.729. The summed E-state index contributed by atoms with van der Waals surface area (Å²) < 4.78 is 4.87. The fourth-order valence-electron chi connectivity index (χ4n) is 2.51. The van der Waals surface area contributed by atoms with E-state index in [1.165, 1.54) is 0 Å². The summed E-state index contributed by atoms with van der Waals surface area (Å²) in [6, 6.07) is 9.10. The summed E-state index contributed by atoms with van der Waals surface area (Å²) in [4.78, 5) is 24.0. The van der Waals surface area contributed by atoms with E-state index in [2.05, 4.69) is 29.6 Å². The van der Waals surface area contributed by atoms with Gasteiger partial charge in [-0.3, -0.25) is 9.59 Å². The Balaban J connectivity index is 1.86. The van der Waals surface area contributed by atoms with Crippen LogP contribution in [-0.2, 0) is 9.59 Å². The molecule has 1 aromatic carbocycles. The zero-order valence-corrected chi connectivity index (χ0v) is 15.3. The highest BCUT2D eigenvalue weighted by Crippen LogP contribution is 2.28. The zero-order chi connectivity index (χ0) is 18.4. The maximum absolute atomic E-state index is 12.2. The number of hydrogen-bond donors (Lipinski definition) is 2. The lowest BCUT2D eigenvalue weighted by Gasteiger charge is -2.21. The molecule has 0 fully saturated rings. The molecule has 0 spiro atoms. The molecule has 2 amide bonds. The maximum Gasteiger partial charge on any atom is 0.245 e. The molecule has 1 aromatic heterocycles. The summed E-state index contributed by atoms with van der Waals surface area (Å²) in [5, 5.41) is 9.53. The second-order valence-corrected chi connectivity index (χ2v) is 6.69. The van der Waals surface area contributed by atoms with Gasteiger partial charge in [0, 0.05) is 17.5 Å². The Labute approximate surface area is 151 Å². The van der Waals surface area contributed by atoms with Gasteiger partial charge in [0.15, 0.2) is 5.82 Å². The second kappa shape index (κ2) is 8.67. The van der Waals surface area contributed by atoms with Gasteiger partial charge in [-0.05, 0) is 36.5 Å². The average Bonchev–Trinajstić information content (AvgIpc) is 2.96. The van der Waals surface area contributed by atoms with Crippen LogP contribution >= 0.6 is 11.6 Å². The third-order valence-electron chi connectivity index (χ3n) is 3.85. The number of nitrogens with zero attached hydrogens (tertiary/aromatic N) is 1. The Morgan fingerprint density at radius 1 is 1.20 bits per heavy atom. The van der Waals surface area contributed by atoms with E-state index in [0.29, 0.717) is 23.0 Å². The fourth-order valence-corrected chi connectivity index (χ4v) is 2.64. The lowest BCUT2D eigenvalue weighted by molar-refractivity contribution is -0.124. The highest BCUT2D eigenvalue weighted by molar-refractivity contribution is 6.30. The van der Waals surface area contributed by atoms with Crippen molar-refractivity contribution < 1.29 is 14.1 Å². The molecule has 7 heteroatoms. The zero-order valence-electron chi connectivity index (χ0n) is 14.5. The third-order valence-corrected chi connectivity index (χ3v) is 4.10. The number of amides is 2. The van der Waals surface area contributed by atoms with E-state index in [-0.39, 0.29) is 30.2 Å². The van der Waals surface area contributed by atoms with Crippen molar-refractivity contribution in [3.63, 3.8) is 0 Å². The quantitative estimate of drug-likeness (QED) is 0.788. The van der Waals surface area contributed by atoms with E-state index < -0.39 is 0 Å². The van der Waals surface area contributed by atoms with Crippen LogP contribution in [0.3, 0.4) is 0 Å². The van der Waals surface area contributed by atoms with Crippen LogP contribution in [0.25, 0.3) is 0 Å². The Morgan fingerprint density at radius 3 is 2.44 bits per heavy atom. The molecule has 25 heavy (non-hydrogen) atoms. The Morgan fingerprint density at radius 2 is 1.88 bits per heavy atom. The van der Waals surface area contributed by atoms with E-state index in [0.717, 1.165) is 5.56 Å². The lowest BCUT2D eigenvalue weighted by atomic mass is 9.85. The van der Waals surface area contributed by atoms with Crippen molar-refractivity contribution in [2.24, 2.45) is 5.92 Å². The number of anilines is 1. The molecule has 0 aliphatic rings. The van der Waals surface area contributed by atoms with Crippen molar-refractivity contribution in [2.45, 2.75) is 33.1 Å². The van der Waals surface area contributed by atoms with Crippen molar-refractivity contribution in [1.29, 1.82) is 0 Å². The van der Waals surface area contributed by atoms with Crippen molar-refractivity contribution in [3.8, 4) is 0 Å². The highest BCUT2D eigenvalue weighted by atomic mass is 35.5. The number of aryl methyl sites for hydroxylation is 1. The monoisotopic (exact) mass is 363 g/mol. The highest BCUT2D eigenvalue weighted by Gasteiger charge is 2.20. The minimum Gasteiger partial charge on any atom is -0.360 e. The molecule has 0 bridgehead atoms. The number of aromatic nitrogens is 1. The minimum absolute atomic E-state index is 0.0542.